The first-order chi connectivity index (χ1) is 28.0. The molecule has 1 heteroatoms. The zero-order valence-electron chi connectivity index (χ0n) is 32.0. The minimum Gasteiger partial charge on any atom is -0.310 e. The van der Waals surface area contributed by atoms with Crippen LogP contribution < -0.4 is 4.90 Å². The van der Waals surface area contributed by atoms with E-state index in [4.69, 9.17) is 0 Å². The quantitative estimate of drug-likeness (QED) is 0.175. The van der Waals surface area contributed by atoms with Crippen LogP contribution in [0.2, 0.25) is 0 Å². The Kier molecular flexibility index (Phi) is 6.67. The van der Waals surface area contributed by atoms with Gasteiger partial charge < -0.3 is 4.90 Å². The third kappa shape index (κ3) is 4.34. The summed E-state index contributed by atoms with van der Waals surface area (Å²) < 4.78 is 0. The molecule has 3 aliphatic carbocycles. The molecule has 0 bridgehead atoms. The van der Waals surface area contributed by atoms with Crippen molar-refractivity contribution in [1.82, 2.24) is 0 Å². The Bertz CT molecular complexity index is 3100. The Balaban J connectivity index is 1.14. The summed E-state index contributed by atoms with van der Waals surface area (Å²) in [7, 11) is 0. The van der Waals surface area contributed by atoms with Crippen LogP contribution >= 0.6 is 0 Å². The molecule has 0 saturated carbocycles. The third-order valence-corrected chi connectivity index (χ3v) is 13.2. The zero-order valence-corrected chi connectivity index (χ0v) is 32.0. The Morgan fingerprint density at radius 2 is 0.842 bits per heavy atom. The molecule has 0 saturated heterocycles. The highest BCUT2D eigenvalue weighted by Crippen LogP contribution is 2.64. The lowest BCUT2D eigenvalue weighted by atomic mass is 9.69. The Hall–Kier alpha value is -6.96. The van der Waals surface area contributed by atoms with Gasteiger partial charge in [0.15, 0.2) is 0 Å². The maximum Gasteiger partial charge on any atom is 0.0732 e. The number of fused-ring (bicyclic) bond motifs is 15. The van der Waals surface area contributed by atoms with Gasteiger partial charge in [-0.15, -0.1) is 0 Å². The van der Waals surface area contributed by atoms with Gasteiger partial charge in [0.2, 0.25) is 0 Å². The number of rotatable bonds is 4. The second-order valence-electron chi connectivity index (χ2n) is 16.4. The summed E-state index contributed by atoms with van der Waals surface area (Å²) in [6.45, 7) is 4.75. The molecule has 0 N–H and O–H groups in total. The molecule has 3 aliphatic rings. The van der Waals surface area contributed by atoms with E-state index in [0.29, 0.717) is 0 Å². The molecule has 0 aliphatic heterocycles. The van der Waals surface area contributed by atoms with Crippen molar-refractivity contribution in [1.29, 1.82) is 0 Å². The molecule has 1 spiro atoms. The Morgan fingerprint density at radius 1 is 0.333 bits per heavy atom. The van der Waals surface area contributed by atoms with E-state index in [1.807, 2.05) is 0 Å². The number of nitrogens with zero attached hydrogens (tertiary/aromatic N) is 1. The van der Waals surface area contributed by atoms with Crippen molar-refractivity contribution in [2.45, 2.75) is 24.7 Å². The summed E-state index contributed by atoms with van der Waals surface area (Å²) in [5.74, 6) is 0. The lowest BCUT2D eigenvalue weighted by Crippen LogP contribution is -2.26. The first kappa shape index (κ1) is 32.3. The standard InChI is InChI=1S/C56H39N/c1-55(2)49-24-11-8-21-43(49)46-31-28-40(34-52(46)55)57(39-19-14-18-38(33-39)36-15-4-3-5-16-36)41-29-32-47-44-22-9-12-25-50(44)56(53(47)35-41)51-26-13-10-23-45(51)48-30-27-37-17-6-7-20-42(37)54(48)56/h3-35H,1-2H3. The van der Waals surface area contributed by atoms with Gasteiger partial charge in [0.25, 0.3) is 0 Å². The highest BCUT2D eigenvalue weighted by Gasteiger charge is 2.52. The van der Waals surface area contributed by atoms with E-state index in [0.717, 1.165) is 17.1 Å². The van der Waals surface area contributed by atoms with E-state index < -0.39 is 5.41 Å². The Labute approximate surface area is 334 Å². The molecule has 9 aromatic rings. The summed E-state index contributed by atoms with van der Waals surface area (Å²) in [6.07, 6.45) is 0. The van der Waals surface area contributed by atoms with E-state index in [2.05, 4.69) is 219 Å². The van der Waals surface area contributed by atoms with E-state index in [-0.39, 0.29) is 5.41 Å². The van der Waals surface area contributed by atoms with Gasteiger partial charge in [0, 0.05) is 22.5 Å². The van der Waals surface area contributed by atoms with Crippen LogP contribution in [0.15, 0.2) is 200 Å². The summed E-state index contributed by atoms with van der Waals surface area (Å²) in [5, 5.41) is 2.58. The van der Waals surface area contributed by atoms with Crippen molar-refractivity contribution in [2.75, 3.05) is 4.90 Å². The molecular formula is C56H39N. The SMILES string of the molecule is CC1(C)c2ccccc2-c2ccc(N(c3cccc(-c4ccccc4)c3)c3ccc4c(c3)C3(c5ccccc5-4)c4ccccc4-c4ccc5ccccc5c43)cc21. The molecule has 0 fully saturated rings. The number of hydrogen-bond donors (Lipinski definition) is 0. The molecule has 12 rings (SSSR count). The van der Waals surface area contributed by atoms with Crippen LogP contribution in [0.3, 0.4) is 0 Å². The van der Waals surface area contributed by atoms with Crippen LogP contribution in [0, 0.1) is 0 Å². The van der Waals surface area contributed by atoms with Crippen molar-refractivity contribution in [3.63, 3.8) is 0 Å². The average molecular weight is 726 g/mol. The second kappa shape index (κ2) is 11.8. The minimum atomic E-state index is -0.478. The second-order valence-corrected chi connectivity index (χ2v) is 16.4. The van der Waals surface area contributed by atoms with Crippen LogP contribution in [0.25, 0.3) is 55.3 Å². The van der Waals surface area contributed by atoms with Crippen molar-refractivity contribution >= 4 is 27.8 Å². The lowest BCUT2D eigenvalue weighted by molar-refractivity contribution is 0.660. The van der Waals surface area contributed by atoms with E-state index in [1.54, 1.807) is 0 Å². The average Bonchev–Trinajstić information content (AvgIpc) is 3.82. The normalized spacial score (nSPS) is 16.1. The number of hydrogen-bond acceptors (Lipinski definition) is 1. The summed E-state index contributed by atoms with van der Waals surface area (Å²) in [4.78, 5) is 2.49. The predicted octanol–water partition coefficient (Wildman–Crippen LogP) is 14.6. The largest absolute Gasteiger partial charge is 0.310 e. The fourth-order valence-corrected chi connectivity index (χ4v) is 10.8. The van der Waals surface area contributed by atoms with Crippen LogP contribution in [-0.2, 0) is 10.8 Å². The van der Waals surface area contributed by atoms with E-state index in [9.17, 15) is 0 Å². The number of benzene rings is 9. The molecule has 9 aromatic carbocycles. The topological polar surface area (TPSA) is 3.24 Å². The molecule has 57 heavy (non-hydrogen) atoms. The van der Waals surface area contributed by atoms with Crippen LogP contribution in [0.1, 0.15) is 47.2 Å². The predicted molar refractivity (Wildman–Crippen MR) is 238 cm³/mol. The molecular weight excluding hydrogens is 687 g/mol. The third-order valence-electron chi connectivity index (χ3n) is 13.2. The maximum absolute atomic E-state index is 2.52. The summed E-state index contributed by atoms with van der Waals surface area (Å²) in [6, 6.07) is 75.0. The molecule has 0 aromatic heterocycles. The van der Waals surface area contributed by atoms with Crippen LogP contribution in [-0.4, -0.2) is 0 Å². The van der Waals surface area contributed by atoms with Gasteiger partial charge in [0.1, 0.15) is 0 Å². The van der Waals surface area contributed by atoms with E-state index in [1.165, 1.54) is 88.7 Å². The fourth-order valence-electron chi connectivity index (χ4n) is 10.8. The highest BCUT2D eigenvalue weighted by molar-refractivity contribution is 6.04. The van der Waals surface area contributed by atoms with Gasteiger partial charge in [-0.3, -0.25) is 0 Å². The molecule has 1 unspecified atom stereocenters. The lowest BCUT2D eigenvalue weighted by Gasteiger charge is -2.33. The van der Waals surface area contributed by atoms with Crippen molar-refractivity contribution in [3.05, 3.63) is 234 Å². The number of anilines is 3. The minimum absolute atomic E-state index is 0.124. The molecule has 0 amide bonds. The van der Waals surface area contributed by atoms with Gasteiger partial charge in [-0.1, -0.05) is 178 Å². The molecule has 0 radical (unpaired) electrons. The van der Waals surface area contributed by atoms with Gasteiger partial charge >= 0.3 is 0 Å². The van der Waals surface area contributed by atoms with Crippen LogP contribution in [0.5, 0.6) is 0 Å². The zero-order chi connectivity index (χ0) is 37.9. The van der Waals surface area contributed by atoms with Gasteiger partial charge in [-0.05, 0) is 125 Å². The Morgan fingerprint density at radius 3 is 1.58 bits per heavy atom. The van der Waals surface area contributed by atoms with Crippen molar-refractivity contribution in [3.8, 4) is 44.5 Å². The molecule has 1 atom stereocenters. The fraction of sp³-hybridized carbons (Fsp3) is 0.0714. The monoisotopic (exact) mass is 725 g/mol. The van der Waals surface area contributed by atoms with Crippen molar-refractivity contribution in [2.24, 2.45) is 0 Å². The summed E-state index contributed by atoms with van der Waals surface area (Å²) in [5.41, 5.74) is 21.3. The highest BCUT2D eigenvalue weighted by atomic mass is 15.1. The van der Waals surface area contributed by atoms with Gasteiger partial charge in [0.05, 0.1) is 5.41 Å². The van der Waals surface area contributed by atoms with Gasteiger partial charge in [-0.25, -0.2) is 0 Å². The molecule has 0 heterocycles. The summed E-state index contributed by atoms with van der Waals surface area (Å²) >= 11 is 0. The van der Waals surface area contributed by atoms with Crippen LogP contribution in [0.4, 0.5) is 17.1 Å². The first-order valence-corrected chi connectivity index (χ1v) is 20.1. The van der Waals surface area contributed by atoms with Gasteiger partial charge in [-0.2, -0.15) is 0 Å². The maximum atomic E-state index is 2.52. The molecule has 1 nitrogen and oxygen atoms in total. The van der Waals surface area contributed by atoms with Crippen molar-refractivity contribution < 1.29 is 0 Å². The molecule has 268 valence electrons. The smallest absolute Gasteiger partial charge is 0.0732 e. The first-order valence-electron chi connectivity index (χ1n) is 20.1. The van der Waals surface area contributed by atoms with E-state index >= 15 is 0 Å².